The number of aryl methyl sites for hydroxylation is 1. The highest BCUT2D eigenvalue weighted by molar-refractivity contribution is 5.81. The normalized spacial score (nSPS) is 12.1. The van der Waals surface area contributed by atoms with Crippen molar-refractivity contribution in [3.63, 3.8) is 0 Å². The van der Waals surface area contributed by atoms with Gasteiger partial charge in [0, 0.05) is 24.3 Å². The highest BCUT2D eigenvalue weighted by atomic mass is 19.1. The van der Waals surface area contributed by atoms with Crippen molar-refractivity contribution >= 4 is 11.6 Å². The summed E-state index contributed by atoms with van der Waals surface area (Å²) in [5.74, 6) is -0.438. The lowest BCUT2D eigenvalue weighted by molar-refractivity contribution is -0.119. The number of nitrogens with one attached hydrogen (secondary N) is 1. The van der Waals surface area contributed by atoms with Crippen LogP contribution in [0.4, 0.5) is 10.1 Å². The van der Waals surface area contributed by atoms with E-state index in [1.807, 2.05) is 18.7 Å². The Morgan fingerprint density at radius 1 is 1.45 bits per heavy atom. The van der Waals surface area contributed by atoms with Crippen LogP contribution in [0.5, 0.6) is 0 Å². The maximum atomic E-state index is 13.7. The summed E-state index contributed by atoms with van der Waals surface area (Å²) < 4.78 is 13.7. The summed E-state index contributed by atoms with van der Waals surface area (Å²) in [7, 11) is 0. The number of carbonyl (C=O) groups is 1. The van der Waals surface area contributed by atoms with Gasteiger partial charge in [-0.15, -0.1) is 0 Å². The van der Waals surface area contributed by atoms with Gasteiger partial charge in [0.05, 0.1) is 12.6 Å². The molecule has 20 heavy (non-hydrogen) atoms. The number of hydrogen-bond donors (Lipinski definition) is 2. The van der Waals surface area contributed by atoms with Crippen LogP contribution in [0.1, 0.15) is 38.0 Å². The highest BCUT2D eigenvalue weighted by Gasteiger charge is 2.18. The molecule has 5 heteroatoms. The summed E-state index contributed by atoms with van der Waals surface area (Å²) in [6.07, 6.45) is -0.789. The van der Waals surface area contributed by atoms with Gasteiger partial charge in [-0.3, -0.25) is 4.79 Å². The summed E-state index contributed by atoms with van der Waals surface area (Å²) in [5, 5.41) is 12.5. The monoisotopic (exact) mass is 282 g/mol. The number of nitrogens with zero attached hydrogens (tertiary/aromatic N) is 1. The number of halogens is 1. The van der Waals surface area contributed by atoms with Gasteiger partial charge in [-0.05, 0) is 45.4 Å². The zero-order valence-electron chi connectivity index (χ0n) is 12.5. The van der Waals surface area contributed by atoms with Crippen LogP contribution >= 0.6 is 0 Å². The zero-order chi connectivity index (χ0) is 15.3. The van der Waals surface area contributed by atoms with E-state index in [9.17, 15) is 14.3 Å². The number of hydrogen-bond acceptors (Lipinski definition) is 3. The van der Waals surface area contributed by atoms with Gasteiger partial charge < -0.3 is 15.3 Å². The Morgan fingerprint density at radius 3 is 2.60 bits per heavy atom. The third-order valence-electron chi connectivity index (χ3n) is 3.19. The van der Waals surface area contributed by atoms with Crippen LogP contribution in [-0.4, -0.2) is 30.6 Å². The van der Waals surface area contributed by atoms with E-state index >= 15 is 0 Å². The molecule has 0 bridgehead atoms. The fourth-order valence-corrected chi connectivity index (χ4v) is 2.08. The standard InChI is InChI=1S/C15H23FN2O2/c1-5-17-15(20)9-18(6-2)14-7-10(3)13(16)8-12(14)11(4)19/h7-8,11,19H,5-6,9H2,1-4H3,(H,17,20)/t11-/m1/s1. The molecule has 0 spiro atoms. The first-order valence-electron chi connectivity index (χ1n) is 6.90. The Hall–Kier alpha value is -1.62. The lowest BCUT2D eigenvalue weighted by Crippen LogP contribution is -2.37. The molecule has 0 aromatic heterocycles. The molecule has 112 valence electrons. The third kappa shape index (κ3) is 3.93. The van der Waals surface area contributed by atoms with E-state index in [2.05, 4.69) is 5.32 Å². The van der Waals surface area contributed by atoms with Crippen molar-refractivity contribution in [1.29, 1.82) is 0 Å². The average molecular weight is 282 g/mol. The van der Waals surface area contributed by atoms with Crippen LogP contribution < -0.4 is 10.2 Å². The van der Waals surface area contributed by atoms with Crippen molar-refractivity contribution in [2.45, 2.75) is 33.8 Å². The Morgan fingerprint density at radius 2 is 2.10 bits per heavy atom. The number of benzene rings is 1. The van der Waals surface area contributed by atoms with Crippen molar-refractivity contribution in [3.05, 3.63) is 29.1 Å². The van der Waals surface area contributed by atoms with E-state index in [0.29, 0.717) is 29.9 Å². The molecule has 4 nitrogen and oxygen atoms in total. The van der Waals surface area contributed by atoms with Crippen LogP contribution in [0.2, 0.25) is 0 Å². The highest BCUT2D eigenvalue weighted by Crippen LogP contribution is 2.29. The molecule has 0 saturated carbocycles. The minimum Gasteiger partial charge on any atom is -0.389 e. The first kappa shape index (κ1) is 16.4. The average Bonchev–Trinajstić information content (AvgIpc) is 2.39. The molecule has 0 saturated heterocycles. The van der Waals surface area contributed by atoms with Crippen LogP contribution in [0.15, 0.2) is 12.1 Å². The molecule has 1 atom stereocenters. The molecule has 1 aromatic rings. The summed E-state index contributed by atoms with van der Waals surface area (Å²) in [4.78, 5) is 13.6. The summed E-state index contributed by atoms with van der Waals surface area (Å²) in [5.41, 5.74) is 1.70. The largest absolute Gasteiger partial charge is 0.389 e. The quantitative estimate of drug-likeness (QED) is 0.840. The summed E-state index contributed by atoms with van der Waals surface area (Å²) in [6, 6.07) is 3.02. The second-order valence-corrected chi connectivity index (χ2v) is 4.80. The molecule has 0 radical (unpaired) electrons. The molecular formula is C15H23FN2O2. The van der Waals surface area contributed by atoms with Gasteiger partial charge in [-0.25, -0.2) is 4.39 Å². The molecule has 1 rings (SSSR count). The summed E-state index contributed by atoms with van der Waals surface area (Å²) >= 11 is 0. The van der Waals surface area contributed by atoms with Crippen LogP contribution in [0.25, 0.3) is 0 Å². The van der Waals surface area contributed by atoms with Gasteiger partial charge in [0.25, 0.3) is 0 Å². The molecular weight excluding hydrogens is 259 g/mol. The van der Waals surface area contributed by atoms with E-state index in [4.69, 9.17) is 0 Å². The van der Waals surface area contributed by atoms with Crippen molar-refractivity contribution in [1.82, 2.24) is 5.32 Å². The maximum absolute atomic E-state index is 13.7. The molecule has 0 aliphatic carbocycles. The lowest BCUT2D eigenvalue weighted by Gasteiger charge is -2.26. The fraction of sp³-hybridized carbons (Fsp3) is 0.533. The van der Waals surface area contributed by atoms with Gasteiger partial charge in [-0.2, -0.15) is 0 Å². The van der Waals surface area contributed by atoms with E-state index in [0.717, 1.165) is 0 Å². The molecule has 0 aliphatic heterocycles. The number of aliphatic hydroxyl groups is 1. The van der Waals surface area contributed by atoms with Crippen molar-refractivity contribution < 1.29 is 14.3 Å². The molecule has 1 amide bonds. The van der Waals surface area contributed by atoms with Crippen molar-refractivity contribution in [3.8, 4) is 0 Å². The van der Waals surface area contributed by atoms with Crippen molar-refractivity contribution in [2.24, 2.45) is 0 Å². The van der Waals surface area contributed by atoms with Crippen LogP contribution in [-0.2, 0) is 4.79 Å². The predicted octanol–water partition coefficient (Wildman–Crippen LogP) is 2.15. The minimum absolute atomic E-state index is 0.0899. The SMILES string of the molecule is CCNC(=O)CN(CC)c1cc(C)c(F)cc1[C@@H](C)O. The Bertz CT molecular complexity index is 475. The van der Waals surface area contributed by atoms with Crippen LogP contribution in [0.3, 0.4) is 0 Å². The summed E-state index contributed by atoms with van der Waals surface area (Å²) in [6.45, 7) is 8.40. The van der Waals surface area contributed by atoms with E-state index in [1.165, 1.54) is 6.07 Å². The van der Waals surface area contributed by atoms with E-state index in [-0.39, 0.29) is 18.3 Å². The Balaban J connectivity index is 3.13. The fourth-order valence-electron chi connectivity index (χ4n) is 2.08. The first-order chi connectivity index (χ1) is 9.40. The number of rotatable bonds is 6. The van der Waals surface area contributed by atoms with E-state index < -0.39 is 6.10 Å². The minimum atomic E-state index is -0.789. The topological polar surface area (TPSA) is 52.6 Å². The maximum Gasteiger partial charge on any atom is 0.239 e. The molecule has 1 aromatic carbocycles. The number of anilines is 1. The van der Waals surface area contributed by atoms with Gasteiger partial charge in [-0.1, -0.05) is 0 Å². The first-order valence-corrected chi connectivity index (χ1v) is 6.90. The van der Waals surface area contributed by atoms with E-state index in [1.54, 1.807) is 19.9 Å². The second kappa shape index (κ2) is 7.24. The van der Waals surface area contributed by atoms with Crippen LogP contribution in [0, 0.1) is 12.7 Å². The molecule has 0 unspecified atom stereocenters. The second-order valence-electron chi connectivity index (χ2n) is 4.80. The van der Waals surface area contributed by atoms with Gasteiger partial charge in [0.1, 0.15) is 5.82 Å². The number of likely N-dealkylation sites (N-methyl/N-ethyl adjacent to an activating group) is 2. The Labute approximate surface area is 119 Å². The predicted molar refractivity (Wildman–Crippen MR) is 78.3 cm³/mol. The molecule has 2 N–H and O–H groups in total. The third-order valence-corrected chi connectivity index (χ3v) is 3.19. The molecule has 0 aliphatic rings. The Kier molecular flexibility index (Phi) is 5.95. The number of carbonyl (C=O) groups excluding carboxylic acids is 1. The van der Waals surface area contributed by atoms with Gasteiger partial charge in [0.15, 0.2) is 0 Å². The molecule has 0 heterocycles. The zero-order valence-corrected chi connectivity index (χ0v) is 12.5. The molecule has 0 fully saturated rings. The number of amides is 1. The van der Waals surface area contributed by atoms with Gasteiger partial charge >= 0.3 is 0 Å². The number of aliphatic hydroxyl groups excluding tert-OH is 1. The van der Waals surface area contributed by atoms with Gasteiger partial charge in [0.2, 0.25) is 5.91 Å². The smallest absolute Gasteiger partial charge is 0.239 e. The van der Waals surface area contributed by atoms with Crippen molar-refractivity contribution in [2.75, 3.05) is 24.5 Å². The lowest BCUT2D eigenvalue weighted by atomic mass is 10.0.